The normalized spacial score (nSPS) is 21.2. The van der Waals surface area contributed by atoms with Crippen molar-refractivity contribution in [3.8, 4) is 0 Å². The van der Waals surface area contributed by atoms with Gasteiger partial charge in [0.2, 0.25) is 0 Å². The average molecular weight is 258 g/mol. The molecule has 0 N–H and O–H groups in total. The number of hydrogen-bond acceptors (Lipinski definition) is 0. The lowest BCUT2D eigenvalue weighted by Crippen LogP contribution is -1.66. The van der Waals surface area contributed by atoms with Crippen molar-refractivity contribution < 1.29 is 0 Å². The van der Waals surface area contributed by atoms with E-state index in [-0.39, 0.29) is 0 Å². The summed E-state index contributed by atoms with van der Waals surface area (Å²) in [5, 5.41) is 0. The van der Waals surface area contributed by atoms with Crippen molar-refractivity contribution in [2.24, 2.45) is 0 Å². The van der Waals surface area contributed by atoms with Gasteiger partial charge in [-0.1, -0.05) is 53.5 Å². The van der Waals surface area contributed by atoms with Crippen molar-refractivity contribution in [1.29, 1.82) is 0 Å². The Morgan fingerprint density at radius 1 is 1.45 bits per heavy atom. The van der Waals surface area contributed by atoms with Crippen LogP contribution in [0.1, 0.15) is 12.8 Å². The summed E-state index contributed by atoms with van der Waals surface area (Å²) in [6, 6.07) is 0. The van der Waals surface area contributed by atoms with E-state index < -0.39 is 0 Å². The van der Waals surface area contributed by atoms with Crippen LogP contribution < -0.4 is 0 Å². The number of hydrogen-bond donors (Lipinski definition) is 0. The van der Waals surface area contributed by atoms with E-state index >= 15 is 0 Å². The van der Waals surface area contributed by atoms with Crippen molar-refractivity contribution >= 4 is 22.6 Å². The van der Waals surface area contributed by atoms with Crippen LogP contribution in [0.3, 0.4) is 0 Å². The topological polar surface area (TPSA) is 0 Å². The van der Waals surface area contributed by atoms with Gasteiger partial charge in [0.15, 0.2) is 0 Å². The molecule has 0 fully saturated rings. The van der Waals surface area contributed by atoms with Gasteiger partial charge in [-0.05, 0) is 28.1 Å². The fourth-order valence-electron chi connectivity index (χ4n) is 1.17. The second-order valence-electron chi connectivity index (χ2n) is 2.49. The van der Waals surface area contributed by atoms with E-state index in [2.05, 4.69) is 51.5 Å². The molecule has 0 atom stereocenters. The highest BCUT2D eigenvalue weighted by Crippen LogP contribution is 2.24. The Hall–Kier alpha value is -0.310. The molecule has 0 nitrogen and oxygen atoms in total. The minimum absolute atomic E-state index is 1.17. The van der Waals surface area contributed by atoms with E-state index in [0.717, 1.165) is 0 Å². The fourth-order valence-corrected chi connectivity index (χ4v) is 1.63. The molecule has 0 aromatic rings. The van der Waals surface area contributed by atoms with Crippen molar-refractivity contribution in [2.75, 3.05) is 0 Å². The van der Waals surface area contributed by atoms with Crippen LogP contribution in [0.5, 0.6) is 0 Å². The second kappa shape index (κ2) is 4.54. The summed E-state index contributed by atoms with van der Waals surface area (Å²) in [6.45, 7) is 3.67. The van der Waals surface area contributed by atoms with Gasteiger partial charge in [0.05, 0.1) is 0 Å². The van der Waals surface area contributed by atoms with E-state index in [1.807, 2.05) is 6.08 Å². The Labute approximate surface area is 81.5 Å². The Morgan fingerprint density at radius 2 is 2.27 bits per heavy atom. The van der Waals surface area contributed by atoms with Gasteiger partial charge in [-0.2, -0.15) is 0 Å². The quantitative estimate of drug-likeness (QED) is 0.661. The molecule has 1 heteroatoms. The molecule has 1 aliphatic carbocycles. The van der Waals surface area contributed by atoms with Gasteiger partial charge in [-0.15, -0.1) is 0 Å². The molecule has 0 aromatic carbocycles. The highest BCUT2D eigenvalue weighted by Gasteiger charge is 2.04. The van der Waals surface area contributed by atoms with Gasteiger partial charge in [0.1, 0.15) is 0 Å². The molecule has 0 saturated carbocycles. The van der Waals surface area contributed by atoms with Crippen molar-refractivity contribution in [3.63, 3.8) is 0 Å². The van der Waals surface area contributed by atoms with Gasteiger partial charge < -0.3 is 0 Å². The highest BCUT2D eigenvalue weighted by atomic mass is 127. The van der Waals surface area contributed by atoms with E-state index in [1.165, 1.54) is 24.0 Å². The number of allylic oxidation sites excluding steroid dienone is 6. The molecule has 0 unspecified atom stereocenters. The van der Waals surface area contributed by atoms with Crippen LogP contribution in [0.2, 0.25) is 0 Å². The van der Waals surface area contributed by atoms with Crippen LogP contribution in [-0.2, 0) is 0 Å². The largest absolute Gasteiger partial charge is 0.0991 e. The lowest BCUT2D eigenvalue weighted by molar-refractivity contribution is 1.03. The van der Waals surface area contributed by atoms with Gasteiger partial charge in [-0.3, -0.25) is 0 Å². The molecule has 0 aromatic heterocycles. The zero-order valence-corrected chi connectivity index (χ0v) is 8.54. The summed E-state index contributed by atoms with van der Waals surface area (Å²) in [4.78, 5) is 0. The minimum Gasteiger partial charge on any atom is -0.0991 e. The van der Waals surface area contributed by atoms with Gasteiger partial charge in [0.25, 0.3) is 0 Å². The zero-order valence-electron chi connectivity index (χ0n) is 6.39. The van der Waals surface area contributed by atoms with Crippen LogP contribution in [-0.4, -0.2) is 0 Å². The highest BCUT2D eigenvalue weighted by molar-refractivity contribution is 14.1. The SMILES string of the molecule is C=C/C=C1C=C(/C=C/I)CC/1. The van der Waals surface area contributed by atoms with E-state index in [9.17, 15) is 0 Å². The van der Waals surface area contributed by atoms with Gasteiger partial charge in [-0.25, -0.2) is 0 Å². The maximum Gasteiger partial charge on any atom is -0.0231 e. The molecule has 0 aliphatic heterocycles. The maximum atomic E-state index is 3.67. The number of rotatable bonds is 2. The Balaban J connectivity index is 2.68. The standard InChI is InChI=1S/C10H11I/c1-2-3-9-4-5-10(8-9)6-7-11/h2-3,6-8H,1,4-5H2/b7-6+,9-3+. The first-order valence-electron chi connectivity index (χ1n) is 3.65. The van der Waals surface area contributed by atoms with Crippen molar-refractivity contribution in [2.45, 2.75) is 12.8 Å². The van der Waals surface area contributed by atoms with Crippen LogP contribution in [0.4, 0.5) is 0 Å². The maximum absolute atomic E-state index is 3.67. The van der Waals surface area contributed by atoms with Crippen LogP contribution in [0, 0.1) is 0 Å². The van der Waals surface area contributed by atoms with Gasteiger partial charge >= 0.3 is 0 Å². The first-order valence-corrected chi connectivity index (χ1v) is 4.90. The third-order valence-corrected chi connectivity index (χ3v) is 2.04. The Morgan fingerprint density at radius 3 is 2.91 bits per heavy atom. The Kier molecular flexibility index (Phi) is 3.63. The van der Waals surface area contributed by atoms with E-state index in [4.69, 9.17) is 0 Å². The summed E-state index contributed by atoms with van der Waals surface area (Å²) < 4.78 is 2.06. The molecular weight excluding hydrogens is 247 g/mol. The lowest BCUT2D eigenvalue weighted by Gasteiger charge is -1.85. The van der Waals surface area contributed by atoms with Crippen molar-refractivity contribution in [1.82, 2.24) is 0 Å². The molecule has 0 spiro atoms. The molecule has 0 bridgehead atoms. The Bertz CT molecular complexity index is 231. The lowest BCUT2D eigenvalue weighted by atomic mass is 10.2. The third-order valence-electron chi connectivity index (χ3n) is 1.68. The molecule has 11 heavy (non-hydrogen) atoms. The zero-order chi connectivity index (χ0) is 8.10. The molecule has 0 heterocycles. The summed E-state index contributed by atoms with van der Waals surface area (Å²) in [7, 11) is 0. The second-order valence-corrected chi connectivity index (χ2v) is 3.21. The summed E-state index contributed by atoms with van der Waals surface area (Å²) >= 11 is 2.24. The van der Waals surface area contributed by atoms with E-state index in [1.54, 1.807) is 0 Å². The van der Waals surface area contributed by atoms with E-state index in [0.29, 0.717) is 0 Å². The molecular formula is C10H11I. The first-order chi connectivity index (χ1) is 5.36. The third kappa shape index (κ3) is 2.66. The molecule has 1 aliphatic rings. The molecule has 0 amide bonds. The summed E-state index contributed by atoms with van der Waals surface area (Å²) in [6.07, 6.45) is 10.7. The van der Waals surface area contributed by atoms with Crippen LogP contribution in [0.25, 0.3) is 0 Å². The summed E-state index contributed by atoms with van der Waals surface area (Å²) in [5.74, 6) is 0. The molecule has 58 valence electrons. The fraction of sp³-hybridized carbons (Fsp3) is 0.200. The molecule has 0 saturated heterocycles. The predicted molar refractivity (Wildman–Crippen MR) is 58.8 cm³/mol. The molecule has 1 rings (SSSR count). The molecule has 0 radical (unpaired) electrons. The van der Waals surface area contributed by atoms with Crippen LogP contribution in [0.15, 0.2) is 46.1 Å². The monoisotopic (exact) mass is 258 g/mol. The smallest absolute Gasteiger partial charge is 0.0231 e. The number of halogens is 1. The average Bonchev–Trinajstić information content (AvgIpc) is 2.38. The summed E-state index contributed by atoms with van der Waals surface area (Å²) in [5.41, 5.74) is 2.82. The van der Waals surface area contributed by atoms with Crippen molar-refractivity contribution in [3.05, 3.63) is 46.1 Å². The van der Waals surface area contributed by atoms with Gasteiger partial charge in [0, 0.05) is 0 Å². The minimum atomic E-state index is 1.17. The first kappa shape index (κ1) is 8.78. The predicted octanol–water partition coefficient (Wildman–Crippen LogP) is 3.77. The van der Waals surface area contributed by atoms with Crippen LogP contribution >= 0.6 is 22.6 Å².